The molecule has 0 saturated heterocycles. The van der Waals surface area contributed by atoms with E-state index in [0.29, 0.717) is 12.2 Å². The molecule has 1 aromatic carbocycles. The van der Waals surface area contributed by atoms with Gasteiger partial charge in [-0.25, -0.2) is 0 Å². The van der Waals surface area contributed by atoms with E-state index in [9.17, 15) is 13.9 Å². The molecular formula is C14H15ClF2N2O2. The van der Waals surface area contributed by atoms with E-state index in [4.69, 9.17) is 11.6 Å². The van der Waals surface area contributed by atoms with E-state index < -0.39 is 12.7 Å². The number of halogens is 3. The molecule has 0 fully saturated rings. The van der Waals surface area contributed by atoms with Crippen LogP contribution >= 0.6 is 11.6 Å². The molecule has 0 amide bonds. The molecule has 114 valence electrons. The molecule has 1 N–H and O–H groups in total. The van der Waals surface area contributed by atoms with Gasteiger partial charge in [0.15, 0.2) is 0 Å². The van der Waals surface area contributed by atoms with Crippen LogP contribution < -0.4 is 4.74 Å². The SMILES string of the molecule is CCCn1ncc(Cl)c1C(O)c1ccccc1OC(F)F. The monoisotopic (exact) mass is 316 g/mol. The zero-order valence-electron chi connectivity index (χ0n) is 11.3. The number of aryl methyl sites for hydroxylation is 1. The van der Waals surface area contributed by atoms with E-state index in [-0.39, 0.29) is 16.3 Å². The van der Waals surface area contributed by atoms with E-state index in [1.165, 1.54) is 18.3 Å². The van der Waals surface area contributed by atoms with Crippen molar-refractivity contribution in [3.63, 3.8) is 0 Å². The summed E-state index contributed by atoms with van der Waals surface area (Å²) < 4.78 is 30.9. The minimum Gasteiger partial charge on any atom is -0.434 e. The fourth-order valence-electron chi connectivity index (χ4n) is 2.09. The third-order valence-corrected chi connectivity index (χ3v) is 3.25. The molecule has 7 heteroatoms. The number of aliphatic hydroxyl groups excluding tert-OH is 1. The van der Waals surface area contributed by atoms with Gasteiger partial charge in [0.2, 0.25) is 0 Å². The summed E-state index contributed by atoms with van der Waals surface area (Å²) >= 11 is 6.05. The van der Waals surface area contributed by atoms with Crippen LogP contribution in [0.3, 0.4) is 0 Å². The second-order valence-electron chi connectivity index (χ2n) is 4.42. The largest absolute Gasteiger partial charge is 0.434 e. The van der Waals surface area contributed by atoms with E-state index >= 15 is 0 Å². The zero-order valence-corrected chi connectivity index (χ0v) is 12.1. The van der Waals surface area contributed by atoms with Gasteiger partial charge < -0.3 is 9.84 Å². The summed E-state index contributed by atoms with van der Waals surface area (Å²) in [6, 6.07) is 6.07. The van der Waals surface area contributed by atoms with Crippen LogP contribution in [-0.2, 0) is 6.54 Å². The smallest absolute Gasteiger partial charge is 0.387 e. The Hall–Kier alpha value is -1.66. The van der Waals surface area contributed by atoms with Crippen molar-refractivity contribution in [2.24, 2.45) is 0 Å². The molecule has 1 aromatic heterocycles. The Bertz CT molecular complexity index is 604. The third-order valence-electron chi connectivity index (χ3n) is 2.96. The quantitative estimate of drug-likeness (QED) is 0.885. The van der Waals surface area contributed by atoms with Crippen molar-refractivity contribution in [1.82, 2.24) is 9.78 Å². The first-order valence-corrected chi connectivity index (χ1v) is 6.85. The summed E-state index contributed by atoms with van der Waals surface area (Å²) in [6.45, 7) is -0.439. The van der Waals surface area contributed by atoms with Crippen molar-refractivity contribution in [2.75, 3.05) is 0 Å². The van der Waals surface area contributed by atoms with E-state index in [0.717, 1.165) is 6.42 Å². The highest BCUT2D eigenvalue weighted by Crippen LogP contribution is 2.34. The van der Waals surface area contributed by atoms with Gasteiger partial charge in [-0.15, -0.1) is 0 Å². The van der Waals surface area contributed by atoms with Crippen LogP contribution in [0.2, 0.25) is 5.02 Å². The van der Waals surface area contributed by atoms with E-state index in [1.54, 1.807) is 16.8 Å². The first-order valence-electron chi connectivity index (χ1n) is 6.47. The van der Waals surface area contributed by atoms with Gasteiger partial charge in [-0.05, 0) is 12.5 Å². The molecule has 0 aliphatic rings. The van der Waals surface area contributed by atoms with Gasteiger partial charge in [-0.1, -0.05) is 36.7 Å². The molecule has 0 saturated carbocycles. The second-order valence-corrected chi connectivity index (χ2v) is 4.83. The molecule has 0 radical (unpaired) electrons. The maximum Gasteiger partial charge on any atom is 0.387 e. The van der Waals surface area contributed by atoms with E-state index in [1.807, 2.05) is 6.92 Å². The number of alkyl halides is 2. The molecule has 0 aliphatic heterocycles. The maximum atomic E-state index is 12.4. The number of hydrogen-bond donors (Lipinski definition) is 1. The minimum absolute atomic E-state index is 0.0830. The predicted octanol–water partition coefficient (Wildman–Crippen LogP) is 3.63. The van der Waals surface area contributed by atoms with Crippen LogP contribution in [0.25, 0.3) is 0 Å². The Balaban J connectivity index is 2.40. The summed E-state index contributed by atoms with van der Waals surface area (Å²) in [4.78, 5) is 0. The maximum absolute atomic E-state index is 12.4. The topological polar surface area (TPSA) is 47.3 Å². The van der Waals surface area contributed by atoms with Gasteiger partial charge in [0.05, 0.1) is 16.9 Å². The number of aromatic nitrogens is 2. The van der Waals surface area contributed by atoms with Gasteiger partial charge in [0, 0.05) is 12.1 Å². The lowest BCUT2D eigenvalue weighted by Gasteiger charge is -2.17. The van der Waals surface area contributed by atoms with Crippen molar-refractivity contribution in [2.45, 2.75) is 32.6 Å². The molecule has 0 bridgehead atoms. The molecule has 21 heavy (non-hydrogen) atoms. The molecule has 1 heterocycles. The first kappa shape index (κ1) is 15.7. The standard InChI is InChI=1S/C14H15ClF2N2O2/c1-2-7-19-12(10(15)8-18-19)13(20)9-5-3-4-6-11(9)21-14(16)17/h3-6,8,13-14,20H,2,7H2,1H3. The molecule has 2 aromatic rings. The summed E-state index contributed by atoms with van der Waals surface area (Å²) in [5.41, 5.74) is 0.585. The van der Waals surface area contributed by atoms with Crippen molar-refractivity contribution in [1.29, 1.82) is 0 Å². The van der Waals surface area contributed by atoms with Crippen LogP contribution in [0.15, 0.2) is 30.5 Å². The Labute approximate surface area is 125 Å². The summed E-state index contributed by atoms with van der Waals surface area (Å²) in [5.74, 6) is -0.0830. The van der Waals surface area contributed by atoms with E-state index in [2.05, 4.69) is 9.84 Å². The van der Waals surface area contributed by atoms with Gasteiger partial charge in [-0.2, -0.15) is 13.9 Å². The number of hydrogen-bond acceptors (Lipinski definition) is 3. The lowest BCUT2D eigenvalue weighted by atomic mass is 10.1. The normalized spacial score (nSPS) is 12.7. The van der Waals surface area contributed by atoms with Crippen molar-refractivity contribution in [3.8, 4) is 5.75 Å². The zero-order chi connectivity index (χ0) is 15.4. The molecule has 0 spiro atoms. The predicted molar refractivity (Wildman–Crippen MR) is 74.7 cm³/mol. The average Bonchev–Trinajstić information content (AvgIpc) is 2.79. The molecule has 2 rings (SSSR count). The summed E-state index contributed by atoms with van der Waals surface area (Å²) in [6.07, 6.45) is 1.03. The molecule has 0 aliphatic carbocycles. The van der Waals surface area contributed by atoms with Crippen LogP contribution in [0.4, 0.5) is 8.78 Å². The molecule has 1 unspecified atom stereocenters. The number of ether oxygens (including phenoxy) is 1. The Kier molecular flexibility index (Phi) is 5.14. The summed E-state index contributed by atoms with van der Waals surface area (Å²) in [7, 11) is 0. The van der Waals surface area contributed by atoms with Crippen molar-refractivity contribution >= 4 is 11.6 Å². The Morgan fingerprint density at radius 3 is 2.76 bits per heavy atom. The van der Waals surface area contributed by atoms with Crippen molar-refractivity contribution < 1.29 is 18.6 Å². The average molecular weight is 317 g/mol. The van der Waals surface area contributed by atoms with Crippen LogP contribution in [0.1, 0.15) is 30.7 Å². The van der Waals surface area contributed by atoms with Crippen LogP contribution in [0.5, 0.6) is 5.75 Å². The number of aliphatic hydroxyl groups is 1. The minimum atomic E-state index is -2.96. The summed E-state index contributed by atoms with van der Waals surface area (Å²) in [5, 5.41) is 14.9. The number of para-hydroxylation sites is 1. The highest BCUT2D eigenvalue weighted by atomic mass is 35.5. The second kappa shape index (κ2) is 6.87. The number of nitrogens with zero attached hydrogens (tertiary/aromatic N) is 2. The highest BCUT2D eigenvalue weighted by molar-refractivity contribution is 6.31. The van der Waals surface area contributed by atoms with Crippen LogP contribution in [0, 0.1) is 0 Å². The molecular weight excluding hydrogens is 302 g/mol. The first-order chi connectivity index (χ1) is 10.0. The number of benzene rings is 1. The number of rotatable bonds is 6. The van der Waals surface area contributed by atoms with Gasteiger partial charge in [-0.3, -0.25) is 4.68 Å². The van der Waals surface area contributed by atoms with Crippen LogP contribution in [-0.4, -0.2) is 21.5 Å². The molecule has 4 nitrogen and oxygen atoms in total. The third kappa shape index (κ3) is 3.51. The van der Waals surface area contributed by atoms with Crippen molar-refractivity contribution in [3.05, 3.63) is 46.7 Å². The molecule has 1 atom stereocenters. The highest BCUT2D eigenvalue weighted by Gasteiger charge is 2.23. The lowest BCUT2D eigenvalue weighted by Crippen LogP contribution is -2.13. The van der Waals surface area contributed by atoms with Gasteiger partial charge in [0.1, 0.15) is 11.9 Å². The Morgan fingerprint density at radius 1 is 1.38 bits per heavy atom. The van der Waals surface area contributed by atoms with Gasteiger partial charge >= 0.3 is 6.61 Å². The fourth-order valence-corrected chi connectivity index (χ4v) is 2.34. The fraction of sp³-hybridized carbons (Fsp3) is 0.357. The lowest BCUT2D eigenvalue weighted by molar-refractivity contribution is -0.0513. The van der Waals surface area contributed by atoms with Gasteiger partial charge in [0.25, 0.3) is 0 Å². The Morgan fingerprint density at radius 2 is 2.10 bits per heavy atom.